The van der Waals surface area contributed by atoms with E-state index in [1.807, 2.05) is 36.2 Å². The van der Waals surface area contributed by atoms with E-state index < -0.39 is 9.84 Å². The molecule has 1 aliphatic rings. The lowest BCUT2D eigenvalue weighted by molar-refractivity contribution is 0.311. The zero-order chi connectivity index (χ0) is 11.9. The zero-order valence-electron chi connectivity index (χ0n) is 9.77. The summed E-state index contributed by atoms with van der Waals surface area (Å²) in [6.07, 6.45) is 2.14. The van der Waals surface area contributed by atoms with E-state index in [0.29, 0.717) is 4.90 Å². The Bertz CT molecular complexity index is 511. The van der Waals surface area contributed by atoms with Gasteiger partial charge in [0.15, 0.2) is 9.84 Å². The lowest BCUT2D eigenvalue weighted by Crippen LogP contribution is -2.42. The zero-order valence-corrected chi connectivity index (χ0v) is 10.6. The molecule has 0 amide bonds. The van der Waals surface area contributed by atoms with Gasteiger partial charge in [-0.1, -0.05) is 12.1 Å². The second kappa shape index (κ2) is 3.75. The number of hydrazine groups is 1. The van der Waals surface area contributed by atoms with Crippen LogP contribution in [-0.2, 0) is 16.3 Å². The largest absolute Gasteiger partial charge is 0.308 e. The van der Waals surface area contributed by atoms with Crippen LogP contribution < -0.4 is 5.01 Å². The summed E-state index contributed by atoms with van der Waals surface area (Å²) in [6, 6.07) is 5.48. The van der Waals surface area contributed by atoms with Gasteiger partial charge in [0.1, 0.15) is 0 Å². The lowest BCUT2D eigenvalue weighted by Gasteiger charge is -2.37. The van der Waals surface area contributed by atoms with E-state index in [4.69, 9.17) is 0 Å². The van der Waals surface area contributed by atoms with Crippen LogP contribution in [0.1, 0.15) is 5.56 Å². The van der Waals surface area contributed by atoms with Gasteiger partial charge in [0.2, 0.25) is 0 Å². The predicted molar refractivity (Wildman–Crippen MR) is 64.3 cm³/mol. The Morgan fingerprint density at radius 2 is 1.94 bits per heavy atom. The van der Waals surface area contributed by atoms with Gasteiger partial charge < -0.3 is 5.01 Å². The van der Waals surface area contributed by atoms with Gasteiger partial charge >= 0.3 is 0 Å². The molecule has 0 aromatic heterocycles. The van der Waals surface area contributed by atoms with Crippen LogP contribution in [0, 0.1) is 0 Å². The van der Waals surface area contributed by atoms with Gasteiger partial charge in [0.05, 0.1) is 10.6 Å². The molecule has 0 aliphatic carbocycles. The van der Waals surface area contributed by atoms with E-state index in [1.165, 1.54) is 6.26 Å². The molecule has 2 rings (SSSR count). The Balaban J connectivity index is 2.67. The average Bonchev–Trinajstić information content (AvgIpc) is 2.21. The van der Waals surface area contributed by atoms with Gasteiger partial charge in [-0.15, -0.1) is 0 Å². The van der Waals surface area contributed by atoms with E-state index in [0.717, 1.165) is 24.2 Å². The van der Waals surface area contributed by atoms with E-state index >= 15 is 0 Å². The van der Waals surface area contributed by atoms with E-state index in [-0.39, 0.29) is 0 Å². The number of anilines is 1. The molecule has 16 heavy (non-hydrogen) atoms. The van der Waals surface area contributed by atoms with Crippen molar-refractivity contribution in [2.24, 2.45) is 0 Å². The minimum Gasteiger partial charge on any atom is -0.308 e. The normalized spacial score (nSPS) is 17.3. The highest BCUT2D eigenvalue weighted by Gasteiger charge is 2.24. The Morgan fingerprint density at radius 1 is 1.25 bits per heavy atom. The molecule has 0 saturated carbocycles. The highest BCUT2D eigenvalue weighted by Crippen LogP contribution is 2.32. The summed E-state index contributed by atoms with van der Waals surface area (Å²) in [6.45, 7) is 0.913. The van der Waals surface area contributed by atoms with Crippen LogP contribution in [0.4, 0.5) is 5.69 Å². The first-order chi connectivity index (χ1) is 7.41. The van der Waals surface area contributed by atoms with Crippen molar-refractivity contribution in [2.75, 3.05) is 31.9 Å². The molecule has 0 saturated heterocycles. The Hall–Kier alpha value is -1.07. The molecule has 1 aliphatic heterocycles. The lowest BCUT2D eigenvalue weighted by atomic mass is 10.1. The second-order valence-corrected chi connectivity index (χ2v) is 6.18. The topological polar surface area (TPSA) is 40.6 Å². The summed E-state index contributed by atoms with van der Waals surface area (Å²) in [4.78, 5) is 0.416. The smallest absolute Gasteiger partial charge is 0.177 e. The molecule has 1 aromatic rings. The fourth-order valence-corrected chi connectivity index (χ4v) is 2.98. The summed E-state index contributed by atoms with van der Waals surface area (Å²) in [5, 5.41) is 3.94. The van der Waals surface area contributed by atoms with Crippen molar-refractivity contribution in [3.05, 3.63) is 23.8 Å². The maximum Gasteiger partial charge on any atom is 0.177 e. The number of sulfone groups is 1. The molecule has 0 fully saturated rings. The van der Waals surface area contributed by atoms with Gasteiger partial charge in [-0.05, 0) is 18.1 Å². The Morgan fingerprint density at radius 3 is 2.56 bits per heavy atom. The summed E-state index contributed by atoms with van der Waals surface area (Å²) in [5.74, 6) is 0. The van der Waals surface area contributed by atoms with Crippen molar-refractivity contribution in [1.82, 2.24) is 5.01 Å². The molecule has 0 radical (unpaired) electrons. The minimum absolute atomic E-state index is 0.416. The first-order valence-electron chi connectivity index (χ1n) is 5.18. The molecular formula is C11H16N2O2S. The van der Waals surface area contributed by atoms with Crippen LogP contribution in [0.15, 0.2) is 23.1 Å². The summed E-state index contributed by atoms with van der Waals surface area (Å²) < 4.78 is 23.4. The summed E-state index contributed by atoms with van der Waals surface area (Å²) in [7, 11) is 0.687. The summed E-state index contributed by atoms with van der Waals surface area (Å²) >= 11 is 0. The molecule has 0 N–H and O–H groups in total. The van der Waals surface area contributed by atoms with Crippen molar-refractivity contribution < 1.29 is 8.42 Å². The molecule has 5 heteroatoms. The number of nitrogens with zero attached hydrogens (tertiary/aromatic N) is 2. The van der Waals surface area contributed by atoms with Gasteiger partial charge in [-0.25, -0.2) is 13.4 Å². The maximum atomic E-state index is 11.7. The Labute approximate surface area is 96.4 Å². The second-order valence-electron chi connectivity index (χ2n) is 4.19. The molecule has 88 valence electrons. The van der Waals surface area contributed by atoms with Gasteiger partial charge in [-0.3, -0.25) is 0 Å². The standard InChI is InChI=1S/C11H16N2O2S/c1-12-8-7-9-5-4-6-10(16(3,14)15)11(9)13(12)2/h4-6H,7-8H2,1-3H3. The van der Waals surface area contributed by atoms with Crippen LogP contribution in [0.3, 0.4) is 0 Å². The van der Waals surface area contributed by atoms with Crippen LogP contribution in [0.2, 0.25) is 0 Å². The molecule has 0 spiro atoms. The number of hydrogen-bond acceptors (Lipinski definition) is 4. The van der Waals surface area contributed by atoms with E-state index in [2.05, 4.69) is 0 Å². The molecule has 0 atom stereocenters. The van der Waals surface area contributed by atoms with Crippen LogP contribution in [-0.4, -0.2) is 40.3 Å². The number of fused-ring (bicyclic) bond motifs is 1. The Kier molecular flexibility index (Phi) is 2.67. The molecule has 0 bridgehead atoms. The fraction of sp³-hybridized carbons (Fsp3) is 0.455. The minimum atomic E-state index is -3.17. The fourth-order valence-electron chi connectivity index (χ4n) is 2.04. The van der Waals surface area contributed by atoms with Crippen molar-refractivity contribution >= 4 is 15.5 Å². The van der Waals surface area contributed by atoms with Crippen LogP contribution >= 0.6 is 0 Å². The molecule has 0 unspecified atom stereocenters. The third-order valence-corrected chi connectivity index (χ3v) is 4.15. The molecule has 1 heterocycles. The summed E-state index contributed by atoms with van der Waals surface area (Å²) in [5.41, 5.74) is 1.92. The SMILES string of the molecule is CN1CCc2cccc(S(C)(=O)=O)c2N1C. The molecule has 1 aromatic carbocycles. The number of para-hydroxylation sites is 1. The predicted octanol–water partition coefficient (Wildman–Crippen LogP) is 0.929. The first-order valence-corrected chi connectivity index (χ1v) is 7.07. The number of likely N-dealkylation sites (N-methyl/N-ethyl adjacent to an activating group) is 1. The van der Waals surface area contributed by atoms with Crippen molar-refractivity contribution in [3.8, 4) is 0 Å². The highest BCUT2D eigenvalue weighted by atomic mass is 32.2. The van der Waals surface area contributed by atoms with Crippen molar-refractivity contribution in [1.29, 1.82) is 0 Å². The van der Waals surface area contributed by atoms with E-state index in [9.17, 15) is 8.42 Å². The van der Waals surface area contributed by atoms with Gasteiger partial charge in [0, 0.05) is 26.9 Å². The van der Waals surface area contributed by atoms with Crippen molar-refractivity contribution in [2.45, 2.75) is 11.3 Å². The third-order valence-electron chi connectivity index (χ3n) is 3.02. The van der Waals surface area contributed by atoms with Crippen LogP contribution in [0.25, 0.3) is 0 Å². The molecule has 4 nitrogen and oxygen atoms in total. The maximum absolute atomic E-state index is 11.7. The quantitative estimate of drug-likeness (QED) is 0.732. The van der Waals surface area contributed by atoms with Gasteiger partial charge in [-0.2, -0.15) is 0 Å². The number of benzene rings is 1. The monoisotopic (exact) mass is 240 g/mol. The first kappa shape index (κ1) is 11.4. The van der Waals surface area contributed by atoms with Crippen molar-refractivity contribution in [3.63, 3.8) is 0 Å². The molecular weight excluding hydrogens is 224 g/mol. The third kappa shape index (κ3) is 1.81. The number of hydrogen-bond donors (Lipinski definition) is 0. The highest BCUT2D eigenvalue weighted by molar-refractivity contribution is 7.90. The van der Waals surface area contributed by atoms with Gasteiger partial charge in [0.25, 0.3) is 0 Å². The van der Waals surface area contributed by atoms with E-state index in [1.54, 1.807) is 6.07 Å². The average molecular weight is 240 g/mol. The van der Waals surface area contributed by atoms with Crippen LogP contribution in [0.5, 0.6) is 0 Å². The number of rotatable bonds is 1.